The number of aromatic amines is 2. The Balaban J connectivity index is 2.04. The molecular formula is C16H15N3O7. The van der Waals surface area contributed by atoms with Gasteiger partial charge in [0.2, 0.25) is 5.88 Å². The van der Waals surface area contributed by atoms with Gasteiger partial charge in [0.15, 0.2) is 0 Å². The number of nitrogens with zero attached hydrogens (tertiary/aromatic N) is 1. The van der Waals surface area contributed by atoms with Gasteiger partial charge in [0.25, 0.3) is 11.2 Å². The van der Waals surface area contributed by atoms with E-state index in [0.717, 1.165) is 0 Å². The van der Waals surface area contributed by atoms with Crippen LogP contribution in [0.1, 0.15) is 24.2 Å². The number of nitro benzene ring substituents is 1. The van der Waals surface area contributed by atoms with Crippen molar-refractivity contribution in [1.29, 1.82) is 0 Å². The smallest absolute Gasteiger partial charge is 0.328 e. The lowest BCUT2D eigenvalue weighted by Gasteiger charge is -2.31. The highest BCUT2D eigenvalue weighted by Gasteiger charge is 2.39. The van der Waals surface area contributed by atoms with Crippen LogP contribution in [-0.2, 0) is 16.0 Å². The lowest BCUT2D eigenvalue weighted by Crippen LogP contribution is -2.38. The average Bonchev–Trinajstić information content (AvgIpc) is 2.61. The van der Waals surface area contributed by atoms with Gasteiger partial charge in [-0.05, 0) is 24.6 Å². The molecule has 0 amide bonds. The fourth-order valence-corrected chi connectivity index (χ4v) is 2.86. The van der Waals surface area contributed by atoms with Crippen LogP contribution in [0.25, 0.3) is 0 Å². The first-order valence-electron chi connectivity index (χ1n) is 7.83. The van der Waals surface area contributed by atoms with Crippen LogP contribution in [0.15, 0.2) is 33.9 Å². The molecule has 0 aliphatic carbocycles. The molecule has 1 aromatic carbocycles. The number of carbonyl (C=O) groups excluding carboxylic acids is 1. The van der Waals surface area contributed by atoms with E-state index >= 15 is 0 Å². The van der Waals surface area contributed by atoms with Gasteiger partial charge in [-0.25, -0.2) is 4.79 Å². The third-order valence-electron chi connectivity index (χ3n) is 4.06. The molecular weight excluding hydrogens is 346 g/mol. The summed E-state index contributed by atoms with van der Waals surface area (Å²) < 4.78 is 10.8. The second-order valence-corrected chi connectivity index (χ2v) is 5.67. The standard InChI is InChI=1S/C16H15N3O7/c1-2-25-15(21)10-7-11-13(20)17-16(22)18-14(11)26-12(10)8-3-5-9(6-4-8)19(23)24/h3-6,10,12H,2,7H2,1H3,(H2,17,18,20,22)/t10-,12-/m1/s1. The minimum Gasteiger partial charge on any atom is -0.469 e. The number of rotatable bonds is 4. The van der Waals surface area contributed by atoms with E-state index in [1.807, 2.05) is 0 Å². The summed E-state index contributed by atoms with van der Waals surface area (Å²) in [6, 6.07) is 5.50. The molecule has 1 aromatic heterocycles. The molecule has 0 saturated carbocycles. The first-order valence-corrected chi connectivity index (χ1v) is 7.83. The Morgan fingerprint density at radius 1 is 1.31 bits per heavy atom. The molecule has 10 nitrogen and oxygen atoms in total. The number of H-pyrrole nitrogens is 2. The summed E-state index contributed by atoms with van der Waals surface area (Å²) in [5.41, 5.74) is -0.852. The minimum absolute atomic E-state index is 0.00192. The number of benzene rings is 1. The van der Waals surface area contributed by atoms with E-state index in [4.69, 9.17) is 9.47 Å². The first-order chi connectivity index (χ1) is 12.4. The Labute approximate surface area is 145 Å². The highest BCUT2D eigenvalue weighted by Crippen LogP contribution is 2.37. The fourth-order valence-electron chi connectivity index (χ4n) is 2.86. The predicted octanol–water partition coefficient (Wildman–Crippen LogP) is 0.827. The van der Waals surface area contributed by atoms with Crippen molar-refractivity contribution in [1.82, 2.24) is 9.97 Å². The Bertz CT molecular complexity index is 961. The van der Waals surface area contributed by atoms with Crippen LogP contribution in [0.5, 0.6) is 5.88 Å². The number of nitrogens with one attached hydrogen (secondary N) is 2. The topological polar surface area (TPSA) is 144 Å². The number of carbonyl (C=O) groups is 1. The van der Waals surface area contributed by atoms with Crippen LogP contribution < -0.4 is 16.0 Å². The zero-order valence-corrected chi connectivity index (χ0v) is 13.7. The molecule has 2 N–H and O–H groups in total. The Morgan fingerprint density at radius 3 is 2.62 bits per heavy atom. The second-order valence-electron chi connectivity index (χ2n) is 5.67. The molecule has 1 aliphatic rings. The molecule has 136 valence electrons. The second kappa shape index (κ2) is 6.82. The van der Waals surface area contributed by atoms with E-state index < -0.39 is 34.2 Å². The van der Waals surface area contributed by atoms with Crippen molar-refractivity contribution in [3.05, 3.63) is 66.3 Å². The summed E-state index contributed by atoms with van der Waals surface area (Å²) in [6.45, 7) is 1.80. The molecule has 0 unspecified atom stereocenters. The number of hydrogen-bond donors (Lipinski definition) is 2. The molecule has 0 fully saturated rings. The number of nitro groups is 1. The Morgan fingerprint density at radius 2 is 2.00 bits per heavy atom. The maximum Gasteiger partial charge on any atom is 0.328 e. The molecule has 1 aliphatic heterocycles. The monoisotopic (exact) mass is 361 g/mol. The maximum absolute atomic E-state index is 12.4. The van der Waals surface area contributed by atoms with Crippen molar-refractivity contribution < 1.29 is 19.2 Å². The fraction of sp³-hybridized carbons (Fsp3) is 0.312. The SMILES string of the molecule is CCOC(=O)[C@@H]1Cc2c([nH]c(=O)[nH]c2=O)O[C@@H]1c1ccc([N+](=O)[O-])cc1. The number of ether oxygens (including phenoxy) is 2. The molecule has 2 atom stereocenters. The summed E-state index contributed by atoms with van der Waals surface area (Å²) in [5, 5.41) is 10.8. The number of fused-ring (bicyclic) bond motifs is 1. The average molecular weight is 361 g/mol. The van der Waals surface area contributed by atoms with Gasteiger partial charge in [0, 0.05) is 18.6 Å². The number of esters is 1. The third-order valence-corrected chi connectivity index (χ3v) is 4.06. The molecule has 26 heavy (non-hydrogen) atoms. The van der Waals surface area contributed by atoms with Crippen LogP contribution in [0.2, 0.25) is 0 Å². The maximum atomic E-state index is 12.4. The number of aromatic nitrogens is 2. The first kappa shape index (κ1) is 17.4. The molecule has 0 radical (unpaired) electrons. The van der Waals surface area contributed by atoms with E-state index in [-0.39, 0.29) is 30.2 Å². The van der Waals surface area contributed by atoms with Crippen LogP contribution in [0, 0.1) is 16.0 Å². The van der Waals surface area contributed by atoms with Crippen LogP contribution in [-0.4, -0.2) is 27.5 Å². The van der Waals surface area contributed by atoms with Gasteiger partial charge in [0.05, 0.1) is 17.1 Å². The zero-order chi connectivity index (χ0) is 18.8. The molecule has 10 heteroatoms. The molecule has 2 heterocycles. The van der Waals surface area contributed by atoms with E-state index in [1.54, 1.807) is 6.92 Å². The van der Waals surface area contributed by atoms with Crippen LogP contribution in [0.3, 0.4) is 0 Å². The van der Waals surface area contributed by atoms with Gasteiger partial charge in [-0.15, -0.1) is 0 Å². The van der Waals surface area contributed by atoms with Crippen molar-refractivity contribution in [2.24, 2.45) is 5.92 Å². The Hall–Kier alpha value is -3.43. The van der Waals surface area contributed by atoms with Crippen LogP contribution >= 0.6 is 0 Å². The molecule has 0 bridgehead atoms. The third kappa shape index (κ3) is 3.21. The molecule has 0 saturated heterocycles. The van der Waals surface area contributed by atoms with Gasteiger partial charge in [0.1, 0.15) is 12.0 Å². The highest BCUT2D eigenvalue weighted by molar-refractivity contribution is 5.74. The van der Waals surface area contributed by atoms with Crippen LogP contribution in [0.4, 0.5) is 5.69 Å². The number of hydrogen-bond acceptors (Lipinski definition) is 7. The van der Waals surface area contributed by atoms with Crippen molar-refractivity contribution >= 4 is 11.7 Å². The van der Waals surface area contributed by atoms with Crippen molar-refractivity contribution in [3.8, 4) is 5.88 Å². The largest absolute Gasteiger partial charge is 0.469 e. The van der Waals surface area contributed by atoms with Crippen molar-refractivity contribution in [2.75, 3.05) is 6.61 Å². The summed E-state index contributed by atoms with van der Waals surface area (Å²) in [7, 11) is 0. The molecule has 0 spiro atoms. The van der Waals surface area contributed by atoms with Crippen molar-refractivity contribution in [3.63, 3.8) is 0 Å². The Kier molecular flexibility index (Phi) is 4.57. The molecule has 3 rings (SSSR count). The normalized spacial score (nSPS) is 18.5. The van der Waals surface area contributed by atoms with E-state index in [2.05, 4.69) is 9.97 Å². The molecule has 2 aromatic rings. The highest BCUT2D eigenvalue weighted by atomic mass is 16.6. The minimum atomic E-state index is -0.861. The summed E-state index contributed by atoms with van der Waals surface area (Å²) in [5.74, 6) is -1.43. The summed E-state index contributed by atoms with van der Waals surface area (Å²) >= 11 is 0. The van der Waals surface area contributed by atoms with Gasteiger partial charge < -0.3 is 9.47 Å². The lowest BCUT2D eigenvalue weighted by atomic mass is 9.88. The van der Waals surface area contributed by atoms with Gasteiger partial charge >= 0.3 is 11.7 Å². The van der Waals surface area contributed by atoms with Gasteiger partial charge in [-0.1, -0.05) is 0 Å². The summed E-state index contributed by atoms with van der Waals surface area (Å²) in [4.78, 5) is 50.6. The number of non-ortho nitro benzene ring substituents is 1. The predicted molar refractivity (Wildman–Crippen MR) is 88.0 cm³/mol. The van der Waals surface area contributed by atoms with Gasteiger partial charge in [-0.2, -0.15) is 0 Å². The van der Waals surface area contributed by atoms with Gasteiger partial charge in [-0.3, -0.25) is 29.7 Å². The summed E-state index contributed by atoms with van der Waals surface area (Å²) in [6.07, 6.45) is -0.859. The van der Waals surface area contributed by atoms with E-state index in [1.165, 1.54) is 24.3 Å². The van der Waals surface area contributed by atoms with E-state index in [0.29, 0.717) is 5.56 Å². The lowest BCUT2D eigenvalue weighted by molar-refractivity contribution is -0.384. The van der Waals surface area contributed by atoms with Crippen molar-refractivity contribution in [2.45, 2.75) is 19.4 Å². The zero-order valence-electron chi connectivity index (χ0n) is 13.7. The quantitative estimate of drug-likeness (QED) is 0.466. The van der Waals surface area contributed by atoms with E-state index in [9.17, 15) is 24.5 Å².